The first-order chi connectivity index (χ1) is 6.87. The molecule has 1 rings (SSSR count). The third kappa shape index (κ3) is 2.13. The molecule has 15 heavy (non-hydrogen) atoms. The molecule has 0 aromatic heterocycles. The van der Waals surface area contributed by atoms with Gasteiger partial charge in [0.2, 0.25) is 0 Å². The van der Waals surface area contributed by atoms with Crippen LogP contribution in [0.2, 0.25) is 0 Å². The van der Waals surface area contributed by atoms with Gasteiger partial charge in [-0.1, -0.05) is 0 Å². The summed E-state index contributed by atoms with van der Waals surface area (Å²) in [6, 6.07) is 5.38. The predicted octanol–water partition coefficient (Wildman–Crippen LogP) is 2.06. The molecular weight excluding hydrogens is 197 g/mol. The van der Waals surface area contributed by atoms with Gasteiger partial charge in [-0.15, -0.1) is 0 Å². The van der Waals surface area contributed by atoms with Gasteiger partial charge < -0.3 is 5.11 Å². The van der Waals surface area contributed by atoms with Gasteiger partial charge >= 0.3 is 5.97 Å². The highest BCUT2D eigenvalue weighted by Crippen LogP contribution is 2.25. The molecule has 78 valence electrons. The highest BCUT2D eigenvalue weighted by atomic mass is 19.1. The number of nitrogens with zero attached hydrogens (tertiary/aromatic N) is 1. The Morgan fingerprint density at radius 1 is 1.47 bits per heavy atom. The Balaban J connectivity index is 3.33. The van der Waals surface area contributed by atoms with E-state index in [1.165, 1.54) is 19.9 Å². The first kappa shape index (κ1) is 11.2. The fourth-order valence-corrected chi connectivity index (χ4v) is 1.14. The topological polar surface area (TPSA) is 61.1 Å². The van der Waals surface area contributed by atoms with E-state index in [9.17, 15) is 9.18 Å². The van der Waals surface area contributed by atoms with Crippen LogP contribution in [-0.4, -0.2) is 11.1 Å². The number of nitriles is 1. The summed E-state index contributed by atoms with van der Waals surface area (Å²) in [6.07, 6.45) is 0. The number of rotatable bonds is 2. The van der Waals surface area contributed by atoms with Crippen molar-refractivity contribution in [2.24, 2.45) is 0 Å². The Morgan fingerprint density at radius 2 is 2.07 bits per heavy atom. The molecule has 0 aliphatic rings. The van der Waals surface area contributed by atoms with Crippen LogP contribution in [0.4, 0.5) is 4.39 Å². The fourth-order valence-electron chi connectivity index (χ4n) is 1.14. The molecule has 1 aromatic rings. The zero-order chi connectivity index (χ0) is 11.6. The van der Waals surface area contributed by atoms with Crippen LogP contribution in [0.25, 0.3) is 0 Å². The number of carboxylic acid groups (broad SMARTS) is 1. The lowest BCUT2D eigenvalue weighted by molar-refractivity contribution is -0.142. The maximum Gasteiger partial charge on any atom is 0.313 e. The minimum atomic E-state index is -1.20. The molecule has 0 saturated carbocycles. The van der Waals surface area contributed by atoms with Crippen LogP contribution in [-0.2, 0) is 10.2 Å². The van der Waals surface area contributed by atoms with E-state index in [1.807, 2.05) is 0 Å². The molecule has 0 heterocycles. The summed E-state index contributed by atoms with van der Waals surface area (Å²) in [5.41, 5.74) is -0.792. The van der Waals surface area contributed by atoms with Gasteiger partial charge in [0, 0.05) is 0 Å². The normalized spacial score (nSPS) is 10.8. The van der Waals surface area contributed by atoms with Crippen molar-refractivity contribution in [2.45, 2.75) is 19.3 Å². The maximum atomic E-state index is 13.1. The second-order valence-corrected chi connectivity index (χ2v) is 3.77. The van der Waals surface area contributed by atoms with Crippen molar-refractivity contribution in [1.82, 2.24) is 0 Å². The average Bonchev–Trinajstić information content (AvgIpc) is 2.16. The van der Waals surface area contributed by atoms with Crippen molar-refractivity contribution < 1.29 is 14.3 Å². The summed E-state index contributed by atoms with van der Waals surface area (Å²) >= 11 is 0. The molecule has 3 nitrogen and oxygen atoms in total. The van der Waals surface area contributed by atoms with Gasteiger partial charge in [0.05, 0.1) is 17.0 Å². The monoisotopic (exact) mass is 207 g/mol. The molecule has 0 aliphatic carbocycles. The van der Waals surface area contributed by atoms with E-state index in [0.29, 0.717) is 0 Å². The van der Waals surface area contributed by atoms with Crippen molar-refractivity contribution in [1.29, 1.82) is 5.26 Å². The van der Waals surface area contributed by atoms with E-state index in [2.05, 4.69) is 0 Å². The van der Waals surface area contributed by atoms with E-state index in [1.54, 1.807) is 6.07 Å². The Labute approximate surface area is 86.8 Å². The Bertz CT molecular complexity index is 446. The smallest absolute Gasteiger partial charge is 0.313 e. The van der Waals surface area contributed by atoms with E-state index in [4.69, 9.17) is 10.4 Å². The van der Waals surface area contributed by atoms with Gasteiger partial charge in [-0.3, -0.25) is 4.79 Å². The standard InChI is InChI=1S/C11H10FNO2/c1-11(2,10(14)15)8-3-7(6-13)4-9(12)5-8/h3-5H,1-2H3,(H,14,15). The number of hydrogen-bond acceptors (Lipinski definition) is 2. The first-order valence-electron chi connectivity index (χ1n) is 4.32. The van der Waals surface area contributed by atoms with Gasteiger partial charge in [-0.25, -0.2) is 4.39 Å². The minimum absolute atomic E-state index is 0.124. The molecule has 0 spiro atoms. The van der Waals surface area contributed by atoms with Crippen LogP contribution >= 0.6 is 0 Å². The molecule has 4 heteroatoms. The van der Waals surface area contributed by atoms with Crippen LogP contribution in [0.5, 0.6) is 0 Å². The molecule has 0 saturated heterocycles. The average molecular weight is 207 g/mol. The predicted molar refractivity (Wildman–Crippen MR) is 51.8 cm³/mol. The number of halogens is 1. The van der Waals surface area contributed by atoms with Gasteiger partial charge in [0.1, 0.15) is 5.82 Å². The lowest BCUT2D eigenvalue weighted by atomic mass is 9.84. The summed E-state index contributed by atoms with van der Waals surface area (Å²) in [4.78, 5) is 10.9. The lowest BCUT2D eigenvalue weighted by Crippen LogP contribution is -2.28. The largest absolute Gasteiger partial charge is 0.481 e. The van der Waals surface area contributed by atoms with Crippen molar-refractivity contribution >= 4 is 5.97 Å². The number of hydrogen-bond donors (Lipinski definition) is 1. The first-order valence-corrected chi connectivity index (χ1v) is 4.32. The van der Waals surface area contributed by atoms with E-state index >= 15 is 0 Å². The van der Waals surface area contributed by atoms with Crippen LogP contribution in [0.15, 0.2) is 18.2 Å². The number of aliphatic carboxylic acids is 1. The molecule has 0 radical (unpaired) electrons. The molecule has 0 atom stereocenters. The second kappa shape index (κ2) is 3.70. The van der Waals surface area contributed by atoms with E-state index in [0.717, 1.165) is 12.1 Å². The summed E-state index contributed by atoms with van der Waals surface area (Å²) in [5.74, 6) is -1.66. The Morgan fingerprint density at radius 3 is 2.53 bits per heavy atom. The summed E-state index contributed by atoms with van der Waals surface area (Å²) < 4.78 is 13.1. The van der Waals surface area contributed by atoms with Crippen LogP contribution in [0.1, 0.15) is 25.0 Å². The third-order valence-corrected chi connectivity index (χ3v) is 2.28. The van der Waals surface area contributed by atoms with Gasteiger partial charge in [-0.05, 0) is 37.6 Å². The van der Waals surface area contributed by atoms with E-state index in [-0.39, 0.29) is 11.1 Å². The van der Waals surface area contributed by atoms with E-state index < -0.39 is 17.2 Å². The molecule has 1 aromatic carbocycles. The zero-order valence-electron chi connectivity index (χ0n) is 8.41. The SMILES string of the molecule is CC(C)(C(=O)O)c1cc(F)cc(C#N)c1. The second-order valence-electron chi connectivity index (χ2n) is 3.77. The van der Waals surface area contributed by atoms with Crippen molar-refractivity contribution in [2.75, 3.05) is 0 Å². The summed E-state index contributed by atoms with van der Waals surface area (Å²) in [5, 5.41) is 17.6. The molecule has 0 amide bonds. The van der Waals surface area contributed by atoms with Gasteiger partial charge in [-0.2, -0.15) is 5.26 Å². The van der Waals surface area contributed by atoms with Crippen molar-refractivity contribution in [3.63, 3.8) is 0 Å². The quantitative estimate of drug-likeness (QED) is 0.807. The van der Waals surface area contributed by atoms with Gasteiger partial charge in [0.25, 0.3) is 0 Å². The molecule has 1 N–H and O–H groups in total. The van der Waals surface area contributed by atoms with Crippen molar-refractivity contribution in [3.8, 4) is 6.07 Å². The van der Waals surface area contributed by atoms with Crippen LogP contribution in [0, 0.1) is 17.1 Å². The highest BCUT2D eigenvalue weighted by molar-refractivity contribution is 5.80. The molecule has 0 aliphatic heterocycles. The highest BCUT2D eigenvalue weighted by Gasteiger charge is 2.30. The Hall–Kier alpha value is -1.89. The number of benzene rings is 1. The lowest BCUT2D eigenvalue weighted by Gasteiger charge is -2.19. The zero-order valence-corrected chi connectivity index (χ0v) is 8.41. The molecule has 0 fully saturated rings. The van der Waals surface area contributed by atoms with Crippen LogP contribution < -0.4 is 0 Å². The Kier molecular flexibility index (Phi) is 2.76. The fraction of sp³-hybridized carbons (Fsp3) is 0.273. The molecule has 0 unspecified atom stereocenters. The molecular formula is C11H10FNO2. The van der Waals surface area contributed by atoms with Crippen molar-refractivity contribution in [3.05, 3.63) is 35.1 Å². The van der Waals surface area contributed by atoms with Gasteiger partial charge in [0.15, 0.2) is 0 Å². The summed E-state index contributed by atoms with van der Waals surface area (Å²) in [7, 11) is 0. The molecule has 0 bridgehead atoms. The summed E-state index contributed by atoms with van der Waals surface area (Å²) in [6.45, 7) is 2.93. The maximum absolute atomic E-state index is 13.1. The minimum Gasteiger partial charge on any atom is -0.481 e. The number of carboxylic acids is 1. The van der Waals surface area contributed by atoms with Crippen LogP contribution in [0.3, 0.4) is 0 Å². The number of carbonyl (C=O) groups is 1. The third-order valence-electron chi connectivity index (χ3n) is 2.28.